The molecule has 2 aromatic heterocycles. The van der Waals surface area contributed by atoms with Crippen molar-refractivity contribution in [2.75, 3.05) is 18.5 Å². The van der Waals surface area contributed by atoms with Gasteiger partial charge in [0.25, 0.3) is 5.82 Å². The number of halogens is 4. The van der Waals surface area contributed by atoms with Gasteiger partial charge in [-0.1, -0.05) is 0 Å². The highest BCUT2D eigenvalue weighted by atomic mass is 19.4. The lowest BCUT2D eigenvalue weighted by Crippen LogP contribution is -2.27. The molecule has 28 heavy (non-hydrogen) atoms. The Morgan fingerprint density at radius 3 is 2.46 bits per heavy atom. The van der Waals surface area contributed by atoms with E-state index in [-0.39, 0.29) is 24.6 Å². The third-order valence-electron chi connectivity index (χ3n) is 4.11. The molecule has 0 saturated heterocycles. The zero-order valence-electron chi connectivity index (χ0n) is 15.0. The summed E-state index contributed by atoms with van der Waals surface area (Å²) in [5, 5.41) is 23.5. The van der Waals surface area contributed by atoms with Crippen LogP contribution in [0.3, 0.4) is 0 Å². The van der Waals surface area contributed by atoms with Gasteiger partial charge in [0.15, 0.2) is 5.65 Å². The Morgan fingerprint density at radius 2 is 1.82 bits per heavy atom. The lowest BCUT2D eigenvalue weighted by Gasteiger charge is -2.16. The highest BCUT2D eigenvalue weighted by Crippen LogP contribution is 2.29. The number of alkyl halides is 3. The van der Waals surface area contributed by atoms with Crippen LogP contribution in [-0.4, -0.2) is 44.2 Å². The molecule has 3 rings (SSSR count). The van der Waals surface area contributed by atoms with E-state index >= 15 is 0 Å². The molecule has 7 nitrogen and oxygen atoms in total. The van der Waals surface area contributed by atoms with Gasteiger partial charge in [0.05, 0.1) is 0 Å². The van der Waals surface area contributed by atoms with Crippen LogP contribution in [0.4, 0.5) is 23.4 Å². The Balaban J connectivity index is 1.71. The van der Waals surface area contributed by atoms with Crippen LogP contribution in [0.1, 0.15) is 17.0 Å². The van der Waals surface area contributed by atoms with Gasteiger partial charge in [-0.25, -0.2) is 4.39 Å². The van der Waals surface area contributed by atoms with Crippen molar-refractivity contribution in [1.82, 2.24) is 19.8 Å². The summed E-state index contributed by atoms with van der Waals surface area (Å²) in [4.78, 5) is 0. The van der Waals surface area contributed by atoms with Gasteiger partial charge in [-0.05, 0) is 43.7 Å². The predicted molar refractivity (Wildman–Crippen MR) is 91.6 cm³/mol. The minimum atomic E-state index is -4.70. The molecule has 0 radical (unpaired) electrons. The molecular weight excluding hydrogens is 382 g/mol. The van der Waals surface area contributed by atoms with Crippen molar-refractivity contribution in [1.29, 1.82) is 0 Å². The number of aliphatic hydroxyl groups excluding tert-OH is 1. The topological polar surface area (TPSA) is 84.6 Å². The van der Waals surface area contributed by atoms with Crippen molar-refractivity contribution in [2.24, 2.45) is 0 Å². The molecule has 0 spiro atoms. The monoisotopic (exact) mass is 399 g/mol. The fourth-order valence-corrected chi connectivity index (χ4v) is 2.47. The van der Waals surface area contributed by atoms with Crippen molar-refractivity contribution >= 4 is 11.5 Å². The second kappa shape index (κ2) is 7.58. The summed E-state index contributed by atoms with van der Waals surface area (Å²) in [6, 6.07) is 5.29. The number of aromatic nitrogens is 4. The number of ether oxygens (including phenoxy) is 1. The summed E-state index contributed by atoms with van der Waals surface area (Å²) in [5.74, 6) is -1.09. The maximum Gasteiger partial charge on any atom is 0.453 e. The third-order valence-corrected chi connectivity index (χ3v) is 4.11. The van der Waals surface area contributed by atoms with E-state index in [1.165, 1.54) is 24.3 Å². The molecule has 1 unspecified atom stereocenters. The molecule has 150 valence electrons. The zero-order valence-corrected chi connectivity index (χ0v) is 15.0. The van der Waals surface area contributed by atoms with Crippen LogP contribution in [0.25, 0.3) is 5.65 Å². The smallest absolute Gasteiger partial charge is 0.453 e. The van der Waals surface area contributed by atoms with E-state index < -0.39 is 23.9 Å². The summed E-state index contributed by atoms with van der Waals surface area (Å²) in [7, 11) is 0. The quantitative estimate of drug-likeness (QED) is 0.620. The normalized spacial score (nSPS) is 13.0. The summed E-state index contributed by atoms with van der Waals surface area (Å²) >= 11 is 0. The molecule has 0 aliphatic heterocycles. The first-order chi connectivity index (χ1) is 13.2. The minimum Gasteiger partial charge on any atom is -0.491 e. The van der Waals surface area contributed by atoms with Gasteiger partial charge in [-0.15, -0.1) is 15.3 Å². The number of benzene rings is 1. The van der Waals surface area contributed by atoms with Crippen molar-refractivity contribution in [3.63, 3.8) is 0 Å². The van der Waals surface area contributed by atoms with E-state index in [0.717, 1.165) is 0 Å². The number of fused-ring (bicyclic) bond motifs is 1. The van der Waals surface area contributed by atoms with E-state index in [2.05, 4.69) is 20.6 Å². The highest BCUT2D eigenvalue weighted by molar-refractivity contribution is 5.58. The molecular formula is C17H17F4N5O2. The van der Waals surface area contributed by atoms with Crippen molar-refractivity contribution in [3.8, 4) is 5.75 Å². The molecule has 0 bridgehead atoms. The Labute approximate surface area is 157 Å². The summed E-state index contributed by atoms with van der Waals surface area (Å²) in [6.07, 6.45) is -5.68. The van der Waals surface area contributed by atoms with Gasteiger partial charge < -0.3 is 15.2 Å². The van der Waals surface area contributed by atoms with Crippen molar-refractivity contribution in [3.05, 3.63) is 47.0 Å². The van der Waals surface area contributed by atoms with Crippen LogP contribution in [0.5, 0.6) is 5.75 Å². The first kappa shape index (κ1) is 19.8. The number of anilines is 1. The molecule has 3 aromatic rings. The summed E-state index contributed by atoms with van der Waals surface area (Å²) in [5.41, 5.74) is 1.08. The Morgan fingerprint density at radius 1 is 1.14 bits per heavy atom. The second-order valence-corrected chi connectivity index (χ2v) is 6.16. The van der Waals surface area contributed by atoms with Gasteiger partial charge in [-0.3, -0.25) is 0 Å². The molecule has 0 amide bonds. The van der Waals surface area contributed by atoms with Crippen LogP contribution in [-0.2, 0) is 6.18 Å². The van der Waals surface area contributed by atoms with Crippen LogP contribution < -0.4 is 10.1 Å². The summed E-state index contributed by atoms with van der Waals surface area (Å²) in [6.45, 7) is 3.16. The number of hydrogen-bond donors (Lipinski definition) is 2. The lowest BCUT2D eigenvalue weighted by molar-refractivity contribution is -0.146. The molecule has 0 fully saturated rings. The number of nitrogens with zero attached hydrogens (tertiary/aromatic N) is 4. The predicted octanol–water partition coefficient (Wildman–Crippen LogP) is 2.75. The van der Waals surface area contributed by atoms with E-state index in [4.69, 9.17) is 4.74 Å². The fourth-order valence-electron chi connectivity index (χ4n) is 2.47. The van der Waals surface area contributed by atoms with Crippen molar-refractivity contribution in [2.45, 2.75) is 26.1 Å². The van der Waals surface area contributed by atoms with Gasteiger partial charge in [0.2, 0.25) is 0 Å². The third kappa shape index (κ3) is 4.14. The van der Waals surface area contributed by atoms with E-state index in [0.29, 0.717) is 21.4 Å². The maximum atomic E-state index is 13.1. The van der Waals surface area contributed by atoms with Gasteiger partial charge >= 0.3 is 6.18 Å². The molecule has 11 heteroatoms. The van der Waals surface area contributed by atoms with E-state index in [1.54, 1.807) is 13.8 Å². The highest BCUT2D eigenvalue weighted by Gasteiger charge is 2.38. The lowest BCUT2D eigenvalue weighted by atomic mass is 10.2. The minimum absolute atomic E-state index is 0.00978. The molecule has 1 atom stereocenters. The van der Waals surface area contributed by atoms with Crippen molar-refractivity contribution < 1.29 is 27.4 Å². The first-order valence-electron chi connectivity index (χ1n) is 8.27. The summed E-state index contributed by atoms with van der Waals surface area (Å²) < 4.78 is 58.0. The van der Waals surface area contributed by atoms with Gasteiger partial charge in [-0.2, -0.15) is 17.7 Å². The molecule has 0 saturated carbocycles. The van der Waals surface area contributed by atoms with E-state index in [9.17, 15) is 22.7 Å². The Hall–Kier alpha value is -2.95. The molecule has 0 aliphatic rings. The molecule has 2 heterocycles. The van der Waals surface area contributed by atoms with Crippen LogP contribution in [0.15, 0.2) is 24.3 Å². The maximum absolute atomic E-state index is 13.1. The number of hydrogen-bond acceptors (Lipinski definition) is 6. The first-order valence-corrected chi connectivity index (χ1v) is 8.27. The number of rotatable bonds is 6. The van der Waals surface area contributed by atoms with Gasteiger partial charge in [0, 0.05) is 12.1 Å². The van der Waals surface area contributed by atoms with Crippen LogP contribution in [0.2, 0.25) is 0 Å². The average molecular weight is 399 g/mol. The second-order valence-electron chi connectivity index (χ2n) is 6.16. The molecule has 2 N–H and O–H groups in total. The fraction of sp³-hybridized carbons (Fsp3) is 0.353. The average Bonchev–Trinajstić information content (AvgIpc) is 3.07. The van der Waals surface area contributed by atoms with Crippen LogP contribution in [0, 0.1) is 19.7 Å². The van der Waals surface area contributed by atoms with E-state index in [1.807, 2.05) is 0 Å². The number of nitrogens with one attached hydrogen (secondary N) is 1. The SMILES string of the molecule is Cc1c(NCC(O)COc2ccc(F)cc2)nn2c(C(F)(F)F)nnc2c1C. The molecule has 0 aliphatic carbocycles. The molecule has 1 aromatic carbocycles. The van der Waals surface area contributed by atoms with Gasteiger partial charge in [0.1, 0.15) is 30.1 Å². The zero-order chi connectivity index (χ0) is 20.5. The number of aliphatic hydroxyl groups is 1. The standard InChI is InChI=1S/C17H17F4N5O2/c1-9-10(2)15-23-24-16(17(19,20)21)26(15)25-14(9)22-7-12(27)8-28-13-5-3-11(18)4-6-13/h3-6,12,27H,7-8H2,1-2H3,(H,22,25). The number of aryl methyl sites for hydroxylation is 1. The van der Waals surface area contributed by atoms with Crippen LogP contribution >= 0.6 is 0 Å². The Kier molecular flexibility index (Phi) is 5.36. The largest absolute Gasteiger partial charge is 0.491 e. The Bertz CT molecular complexity index is 972.